The Kier molecular flexibility index (Phi) is 5.04. The van der Waals surface area contributed by atoms with Gasteiger partial charge in [0.05, 0.1) is 27.5 Å². The van der Waals surface area contributed by atoms with Gasteiger partial charge in [-0.05, 0) is 32.8 Å². The lowest BCUT2D eigenvalue weighted by Gasteiger charge is -2.33. The molecule has 1 unspecified atom stereocenters. The van der Waals surface area contributed by atoms with Crippen LogP contribution in [0.15, 0.2) is 28.6 Å². The molecule has 0 spiro atoms. The van der Waals surface area contributed by atoms with Crippen molar-refractivity contribution in [3.05, 3.63) is 42.8 Å². The second-order valence-corrected chi connectivity index (χ2v) is 7.87. The van der Waals surface area contributed by atoms with Crippen LogP contribution in [0.3, 0.4) is 0 Å². The fourth-order valence-electron chi connectivity index (χ4n) is 3.28. The van der Waals surface area contributed by atoms with E-state index in [0.29, 0.717) is 37.5 Å². The van der Waals surface area contributed by atoms with Crippen LogP contribution in [0.25, 0.3) is 0 Å². The van der Waals surface area contributed by atoms with E-state index in [4.69, 9.17) is 27.9 Å². The van der Waals surface area contributed by atoms with Gasteiger partial charge in [0, 0.05) is 28.3 Å². The van der Waals surface area contributed by atoms with Crippen LogP contribution in [0.2, 0.25) is 9.36 Å². The standard InChI is InChI=1S/C17H17Cl2NO3S/c1-3-23-17(22)13-8(2)20-10-5-4-6-11(21)14(10)15(13)16-9(18)7-12(19)24-16/h7,15,20H,3-6H2,1-2H3. The van der Waals surface area contributed by atoms with Crippen molar-refractivity contribution >= 4 is 46.3 Å². The number of allylic oxidation sites excluding steroid dienone is 3. The maximum Gasteiger partial charge on any atom is 0.336 e. The van der Waals surface area contributed by atoms with Crippen LogP contribution in [-0.2, 0) is 14.3 Å². The SMILES string of the molecule is CCOC(=O)C1=C(C)NC2=C(C(=O)CCC2)C1c1sc(Cl)cc1Cl. The van der Waals surface area contributed by atoms with Gasteiger partial charge < -0.3 is 10.1 Å². The molecular formula is C17H17Cl2NO3S. The van der Waals surface area contributed by atoms with Gasteiger partial charge in [-0.2, -0.15) is 0 Å². The number of halogens is 2. The molecule has 0 fully saturated rings. The average molecular weight is 386 g/mol. The fourth-order valence-corrected chi connectivity index (χ4v) is 4.99. The minimum atomic E-state index is -0.516. The Morgan fingerprint density at radius 3 is 2.79 bits per heavy atom. The summed E-state index contributed by atoms with van der Waals surface area (Å²) < 4.78 is 5.75. The number of esters is 1. The molecule has 0 radical (unpaired) electrons. The third-order valence-corrected chi connectivity index (χ3v) is 5.97. The number of Topliss-reactive ketones (excluding diaryl/α,β-unsaturated/α-hetero) is 1. The maximum absolute atomic E-state index is 12.6. The highest BCUT2D eigenvalue weighted by Gasteiger charge is 2.40. The Hall–Kier alpha value is -1.30. The van der Waals surface area contributed by atoms with Crippen molar-refractivity contribution in [3.63, 3.8) is 0 Å². The molecule has 128 valence electrons. The summed E-state index contributed by atoms with van der Waals surface area (Å²) in [5, 5.41) is 3.70. The summed E-state index contributed by atoms with van der Waals surface area (Å²) >= 11 is 13.8. The Bertz CT molecular complexity index is 779. The van der Waals surface area contributed by atoms with Crippen molar-refractivity contribution in [1.82, 2.24) is 5.32 Å². The largest absolute Gasteiger partial charge is 0.463 e. The number of hydrogen-bond donors (Lipinski definition) is 1. The zero-order chi connectivity index (χ0) is 17.4. The second kappa shape index (κ2) is 6.90. The van der Waals surface area contributed by atoms with Crippen LogP contribution in [-0.4, -0.2) is 18.4 Å². The number of ether oxygens (including phenoxy) is 1. The number of thiophene rings is 1. The van der Waals surface area contributed by atoms with Crippen LogP contribution >= 0.6 is 34.5 Å². The van der Waals surface area contributed by atoms with Crippen molar-refractivity contribution in [2.45, 2.75) is 39.0 Å². The van der Waals surface area contributed by atoms with E-state index in [-0.39, 0.29) is 12.4 Å². The summed E-state index contributed by atoms with van der Waals surface area (Å²) in [7, 11) is 0. The van der Waals surface area contributed by atoms with Gasteiger partial charge in [-0.3, -0.25) is 4.79 Å². The monoisotopic (exact) mass is 385 g/mol. The molecule has 0 bridgehead atoms. The lowest BCUT2D eigenvalue weighted by molar-refractivity contribution is -0.138. The summed E-state index contributed by atoms with van der Waals surface area (Å²) in [6.45, 7) is 3.84. The molecule has 1 N–H and O–H groups in total. The van der Waals surface area contributed by atoms with Gasteiger partial charge in [-0.25, -0.2) is 4.79 Å². The molecular weight excluding hydrogens is 369 g/mol. The van der Waals surface area contributed by atoms with E-state index in [1.165, 1.54) is 11.3 Å². The topological polar surface area (TPSA) is 55.4 Å². The van der Waals surface area contributed by atoms with E-state index >= 15 is 0 Å². The second-order valence-electron chi connectivity index (χ2n) is 5.75. The van der Waals surface area contributed by atoms with Crippen LogP contribution in [0.1, 0.15) is 43.9 Å². The summed E-state index contributed by atoms with van der Waals surface area (Å²) in [5.74, 6) is -0.903. The molecule has 1 aromatic rings. The molecule has 1 aliphatic carbocycles. The first-order valence-electron chi connectivity index (χ1n) is 7.79. The van der Waals surface area contributed by atoms with Crippen molar-refractivity contribution in [2.75, 3.05) is 6.61 Å². The van der Waals surface area contributed by atoms with Crippen molar-refractivity contribution in [1.29, 1.82) is 0 Å². The van der Waals surface area contributed by atoms with Gasteiger partial charge in [0.25, 0.3) is 0 Å². The Morgan fingerprint density at radius 2 is 2.17 bits per heavy atom. The first-order chi connectivity index (χ1) is 11.4. The molecule has 1 atom stereocenters. The van der Waals surface area contributed by atoms with Crippen molar-refractivity contribution < 1.29 is 14.3 Å². The lowest BCUT2D eigenvalue weighted by Crippen LogP contribution is -2.34. The minimum absolute atomic E-state index is 0.0450. The zero-order valence-corrected chi connectivity index (χ0v) is 15.7. The fraction of sp³-hybridized carbons (Fsp3) is 0.412. The van der Waals surface area contributed by atoms with E-state index in [9.17, 15) is 9.59 Å². The number of dihydropyridines is 1. The van der Waals surface area contributed by atoms with Crippen molar-refractivity contribution in [3.8, 4) is 0 Å². The molecule has 0 saturated heterocycles. The minimum Gasteiger partial charge on any atom is -0.463 e. The average Bonchev–Trinajstić information content (AvgIpc) is 2.84. The van der Waals surface area contributed by atoms with E-state index in [1.807, 2.05) is 6.92 Å². The van der Waals surface area contributed by atoms with Crippen LogP contribution < -0.4 is 5.32 Å². The van der Waals surface area contributed by atoms with Gasteiger partial charge in [0.2, 0.25) is 0 Å². The van der Waals surface area contributed by atoms with Gasteiger partial charge in [0.1, 0.15) is 0 Å². The van der Waals surface area contributed by atoms with Gasteiger partial charge >= 0.3 is 5.97 Å². The lowest BCUT2D eigenvalue weighted by atomic mass is 9.78. The van der Waals surface area contributed by atoms with Crippen LogP contribution in [0.4, 0.5) is 0 Å². The smallest absolute Gasteiger partial charge is 0.336 e. The van der Waals surface area contributed by atoms with Gasteiger partial charge in [-0.15, -0.1) is 11.3 Å². The van der Waals surface area contributed by atoms with E-state index in [2.05, 4.69) is 5.32 Å². The molecule has 7 heteroatoms. The van der Waals surface area contributed by atoms with Gasteiger partial charge in [0.15, 0.2) is 5.78 Å². The number of ketones is 1. The highest BCUT2D eigenvalue weighted by Crippen LogP contribution is 2.48. The quantitative estimate of drug-likeness (QED) is 0.773. The number of rotatable bonds is 3. The molecule has 0 amide bonds. The Morgan fingerprint density at radius 1 is 1.42 bits per heavy atom. The first kappa shape index (κ1) is 17.5. The van der Waals surface area contributed by atoms with Crippen molar-refractivity contribution in [2.24, 2.45) is 0 Å². The molecule has 4 nitrogen and oxygen atoms in total. The molecule has 3 rings (SSSR count). The predicted octanol–water partition coefficient (Wildman–Crippen LogP) is 4.59. The number of carbonyl (C=O) groups excluding carboxylic acids is 2. The van der Waals surface area contributed by atoms with E-state index < -0.39 is 11.9 Å². The molecule has 2 heterocycles. The maximum atomic E-state index is 12.6. The molecule has 2 aliphatic rings. The summed E-state index contributed by atoms with van der Waals surface area (Å²) in [6.07, 6.45) is 2.06. The Balaban J connectivity index is 2.19. The number of carbonyl (C=O) groups is 2. The normalized spacial score (nSPS) is 20.8. The van der Waals surface area contributed by atoms with Gasteiger partial charge in [-0.1, -0.05) is 23.2 Å². The molecule has 1 aromatic heterocycles. The summed E-state index contributed by atoms with van der Waals surface area (Å²) in [6, 6.07) is 1.65. The van der Waals surface area contributed by atoms with E-state index in [1.54, 1.807) is 13.0 Å². The predicted molar refractivity (Wildman–Crippen MR) is 95.4 cm³/mol. The first-order valence-corrected chi connectivity index (χ1v) is 9.37. The summed E-state index contributed by atoms with van der Waals surface area (Å²) in [5.41, 5.74) is 2.64. The van der Waals surface area contributed by atoms with E-state index in [0.717, 1.165) is 18.5 Å². The van der Waals surface area contributed by atoms with Crippen LogP contribution in [0.5, 0.6) is 0 Å². The number of hydrogen-bond acceptors (Lipinski definition) is 5. The molecule has 24 heavy (non-hydrogen) atoms. The molecule has 0 saturated carbocycles. The molecule has 1 aliphatic heterocycles. The third-order valence-electron chi connectivity index (χ3n) is 4.22. The Labute approximate surface area is 154 Å². The summed E-state index contributed by atoms with van der Waals surface area (Å²) in [4.78, 5) is 25.9. The van der Waals surface area contributed by atoms with Crippen LogP contribution in [0, 0.1) is 0 Å². The third kappa shape index (κ3) is 3.01. The molecule has 0 aromatic carbocycles. The zero-order valence-electron chi connectivity index (χ0n) is 13.4. The number of nitrogens with one attached hydrogen (secondary N) is 1. The highest BCUT2D eigenvalue weighted by molar-refractivity contribution is 7.17. The highest BCUT2D eigenvalue weighted by atomic mass is 35.5.